The number of furan rings is 1. The van der Waals surface area contributed by atoms with Crippen molar-refractivity contribution in [3.8, 4) is 0 Å². The molecule has 19 aliphatic carbocycles. The summed E-state index contributed by atoms with van der Waals surface area (Å²) in [6.07, 6.45) is 51.9. The zero-order chi connectivity index (χ0) is 56.9. The smallest absolute Gasteiger partial charge is 0.229 e. The van der Waals surface area contributed by atoms with Gasteiger partial charge in [0, 0.05) is 75.0 Å². The number of rotatable bonds is 17. The van der Waals surface area contributed by atoms with E-state index in [-0.39, 0.29) is 0 Å². The highest BCUT2D eigenvalue weighted by Gasteiger charge is 2.54. The lowest BCUT2D eigenvalue weighted by Crippen LogP contribution is -2.58. The Hall–Kier alpha value is -2.87. The molecule has 0 atom stereocenters. The van der Waals surface area contributed by atoms with Crippen LogP contribution in [-0.4, -0.2) is 55.4 Å². The van der Waals surface area contributed by atoms with Crippen LogP contribution >= 0.6 is 11.3 Å². The van der Waals surface area contributed by atoms with E-state index in [1.54, 1.807) is 29.0 Å². The van der Waals surface area contributed by atoms with Gasteiger partial charge in [-0.1, -0.05) is 29.6 Å². The van der Waals surface area contributed by atoms with Gasteiger partial charge >= 0.3 is 0 Å². The molecule has 0 spiro atoms. The fourth-order valence-corrected chi connectivity index (χ4v) is 25.2. The lowest BCUT2D eigenvalue weighted by Gasteiger charge is -2.57. The second-order valence-electron chi connectivity index (χ2n) is 34.1. The van der Waals surface area contributed by atoms with Crippen LogP contribution in [0.1, 0.15) is 287 Å². The molecule has 20 fully saturated rings. The lowest BCUT2D eigenvalue weighted by atomic mass is 9.53. The van der Waals surface area contributed by atoms with Crippen molar-refractivity contribution in [2.45, 2.75) is 297 Å². The highest BCUT2D eigenvalue weighted by atomic mass is 32.1. The molecule has 468 valence electrons. The average molecular weight is 1190 g/mol. The van der Waals surface area contributed by atoms with Gasteiger partial charge in [0.05, 0.1) is 25.0 Å². The number of hydrogen-bond donors (Lipinski definition) is 4. The Bertz CT molecular complexity index is 2690. The Morgan fingerprint density at radius 3 is 1.41 bits per heavy atom. The summed E-state index contributed by atoms with van der Waals surface area (Å²) in [4.78, 5) is 10.4. The van der Waals surface area contributed by atoms with Gasteiger partial charge in [0.15, 0.2) is 11.6 Å². The Kier molecular flexibility index (Phi) is 15.7. The number of nitrogens with one attached hydrogen (secondary N) is 4. The molecular formula is C74H108N8O3S. The monoisotopic (exact) mass is 1190 g/mol. The molecule has 0 radical (unpaired) electrons. The van der Waals surface area contributed by atoms with Crippen LogP contribution in [0.4, 0.5) is 0 Å². The molecule has 1 saturated heterocycles. The predicted octanol–water partition coefficient (Wildman–Crippen LogP) is 16.4. The average Bonchev–Trinajstić information content (AvgIpc) is 1.69. The highest BCUT2D eigenvalue weighted by Crippen LogP contribution is 2.59. The van der Waals surface area contributed by atoms with Crippen molar-refractivity contribution >= 4 is 11.3 Å². The summed E-state index contributed by atoms with van der Waals surface area (Å²) in [5.41, 5.74) is 4.27. The third-order valence-electron chi connectivity index (χ3n) is 26.7. The molecule has 0 aromatic carbocycles. The van der Waals surface area contributed by atoms with Crippen molar-refractivity contribution in [2.24, 2.45) is 71.0 Å². The summed E-state index contributed by atoms with van der Waals surface area (Å²) in [6.45, 7) is 7.18. The molecule has 0 unspecified atom stereocenters. The summed E-state index contributed by atoms with van der Waals surface area (Å²) >= 11 is 2.07. The molecule has 4 aromatic heterocycles. The second kappa shape index (κ2) is 23.7. The van der Waals surface area contributed by atoms with E-state index < -0.39 is 0 Å². The summed E-state index contributed by atoms with van der Waals surface area (Å²) in [7, 11) is 0. The van der Waals surface area contributed by atoms with Gasteiger partial charge < -0.3 is 34.7 Å². The molecule has 12 heteroatoms. The number of piperidine rings is 1. The van der Waals surface area contributed by atoms with Crippen molar-refractivity contribution in [2.75, 3.05) is 13.1 Å². The van der Waals surface area contributed by atoms with Crippen LogP contribution in [0, 0.1) is 71.0 Å². The first-order chi connectivity index (χ1) is 42.1. The van der Waals surface area contributed by atoms with Crippen LogP contribution in [0.25, 0.3) is 0 Å². The summed E-state index contributed by atoms with van der Waals surface area (Å²) in [5, 5.41) is 24.3. The minimum Gasteiger partial charge on any atom is -0.469 e. The fraction of sp³-hybridized carbons (Fsp3) is 0.824. The molecule has 0 amide bonds. The highest BCUT2D eigenvalue weighted by molar-refractivity contribution is 7.12. The van der Waals surface area contributed by atoms with E-state index in [1.807, 2.05) is 6.26 Å². The molecule has 11 nitrogen and oxygen atoms in total. The van der Waals surface area contributed by atoms with Gasteiger partial charge in [-0.15, -0.1) is 11.3 Å². The molecule has 1 aliphatic heterocycles. The Morgan fingerprint density at radius 1 is 0.453 bits per heavy atom. The van der Waals surface area contributed by atoms with E-state index in [2.05, 4.69) is 77.1 Å². The van der Waals surface area contributed by atoms with Crippen molar-refractivity contribution in [3.05, 3.63) is 74.8 Å². The van der Waals surface area contributed by atoms with Crippen molar-refractivity contribution in [1.29, 1.82) is 0 Å². The van der Waals surface area contributed by atoms with Gasteiger partial charge in [0.1, 0.15) is 5.76 Å². The van der Waals surface area contributed by atoms with Crippen LogP contribution < -0.4 is 21.3 Å². The first-order valence-corrected chi connectivity index (χ1v) is 37.6. The van der Waals surface area contributed by atoms with Gasteiger partial charge in [-0.25, -0.2) is 0 Å². The maximum atomic E-state index is 5.72. The van der Waals surface area contributed by atoms with Gasteiger partial charge in [-0.2, -0.15) is 4.98 Å². The fourth-order valence-electron chi connectivity index (χ4n) is 24.1. The summed E-state index contributed by atoms with van der Waals surface area (Å²) in [5.74, 6) is 18.4. The van der Waals surface area contributed by atoms with Gasteiger partial charge in [0.25, 0.3) is 0 Å². The van der Waals surface area contributed by atoms with Crippen LogP contribution in [0.2, 0.25) is 0 Å². The van der Waals surface area contributed by atoms with Crippen LogP contribution in [-0.2, 0) is 32.7 Å². The third-order valence-corrected chi connectivity index (χ3v) is 27.9. The second-order valence-corrected chi connectivity index (χ2v) is 35.3. The number of nitrogens with zero attached hydrogens (tertiary/aromatic N) is 4. The topological polar surface area (TPSA) is 129 Å². The Balaban J connectivity index is 0.0000000898. The predicted molar refractivity (Wildman–Crippen MR) is 339 cm³/mol. The van der Waals surface area contributed by atoms with E-state index in [1.165, 1.54) is 230 Å². The van der Waals surface area contributed by atoms with Gasteiger partial charge in [0.2, 0.25) is 5.89 Å². The van der Waals surface area contributed by atoms with Crippen molar-refractivity contribution < 1.29 is 13.5 Å². The lowest BCUT2D eigenvalue weighted by molar-refractivity contribution is -0.0210. The Labute approximate surface area is 519 Å². The molecule has 4 N–H and O–H groups in total. The van der Waals surface area contributed by atoms with E-state index in [4.69, 9.17) is 13.5 Å². The molecule has 19 saturated carbocycles. The summed E-state index contributed by atoms with van der Waals surface area (Å²) < 4.78 is 16.8. The quantitative estimate of drug-likeness (QED) is 0.0806. The molecule has 5 heterocycles. The number of thiophene rings is 1. The van der Waals surface area contributed by atoms with Crippen LogP contribution in [0.5, 0.6) is 0 Å². The minimum absolute atomic E-state index is 0.392. The molecule has 4 aromatic rings. The summed E-state index contributed by atoms with van der Waals surface area (Å²) in [6, 6.07) is 9.25. The van der Waals surface area contributed by atoms with E-state index >= 15 is 0 Å². The van der Waals surface area contributed by atoms with Crippen LogP contribution in [0.15, 0.2) is 44.0 Å². The zero-order valence-corrected chi connectivity index (χ0v) is 53.5. The third kappa shape index (κ3) is 12.8. The van der Waals surface area contributed by atoms with Crippen molar-refractivity contribution in [3.63, 3.8) is 0 Å². The number of likely N-dealkylation sites (tertiary alicyclic amines) is 1. The van der Waals surface area contributed by atoms with Gasteiger partial charge in [-0.3, -0.25) is 4.90 Å². The first-order valence-electron chi connectivity index (χ1n) is 36.8. The first kappa shape index (κ1) is 57.1. The normalized spacial score (nSPS) is 40.9. The van der Waals surface area contributed by atoms with E-state index in [0.29, 0.717) is 28.1 Å². The molecule has 20 aliphatic rings. The standard InChI is InChI=1S/C20H31N3O.C18H27N3O.C18H25NO.C18H25NS/c1-2-4-23(5-3-1)14-19-9-18(22-24-19)13-21-20-10-15-6-16(11-20)8-17(7-15)12-20;1-2-4-15(3-1)17-20-16(21-22-17)11-19-18-8-12-5-13(9-18)7-14(6-12)10-18;1-2-16(1)17-6-15(11-20-17)10-19-18-7-12-3-13(8-18)5-14(4-12)9-18;1-2-15(1)17-4-3-16(20-17)11-19-18-8-12-5-13(9-18)7-14(6-12)10-18/h9,15-17,21H,1-8,10-14H2;12-15,19H,1-11H2;6,11-14,16,19H,1-5,7-10H2;3-4,12-15,19H,1-2,5-11H2. The maximum absolute atomic E-state index is 5.72. The zero-order valence-electron chi connectivity index (χ0n) is 52.7. The number of aromatic nitrogens is 3. The molecular weight excluding hydrogens is 1080 g/mol. The largest absolute Gasteiger partial charge is 0.469 e. The minimum atomic E-state index is 0.392. The van der Waals surface area contributed by atoms with E-state index in [9.17, 15) is 0 Å². The van der Waals surface area contributed by atoms with Crippen molar-refractivity contribution in [1.82, 2.24) is 41.5 Å². The van der Waals surface area contributed by atoms with Gasteiger partial charge in [-0.05, 0) is 314 Å². The molecule has 86 heavy (non-hydrogen) atoms. The molecule has 24 rings (SSSR count). The SMILES string of the molecule is C1CCC(c2nc(CNC34CC5CC(CC(C5)C3)C4)no2)C1.c1c(CNC23CC4CC(CC(C4)C2)C3)noc1CN1CCCCC1.c1cc(C2CC2)sc1CNC12CC3CC(CC(C3)C1)C2.c1oc(C2CC2)cc1CNC12CC3CC(CC(C3)C1)C2. The van der Waals surface area contributed by atoms with E-state index in [0.717, 1.165) is 139 Å². The van der Waals surface area contributed by atoms with Crippen LogP contribution in [0.3, 0.4) is 0 Å². The number of hydrogen-bond acceptors (Lipinski definition) is 12. The molecule has 16 bridgehead atoms. The Morgan fingerprint density at radius 2 is 0.919 bits per heavy atom. The maximum Gasteiger partial charge on any atom is 0.229 e.